The fraction of sp³-hybridized carbons (Fsp3) is 0.143. The lowest BCUT2D eigenvalue weighted by Gasteiger charge is -1.97. The molecule has 0 unspecified atom stereocenters. The van der Waals surface area contributed by atoms with E-state index in [1.807, 2.05) is 12.1 Å². The van der Waals surface area contributed by atoms with E-state index in [1.165, 1.54) is 6.20 Å². The number of carboxylic acids is 1. The number of ketones is 2. The van der Waals surface area contributed by atoms with Crippen LogP contribution in [-0.4, -0.2) is 32.6 Å². The van der Waals surface area contributed by atoms with Gasteiger partial charge < -0.3 is 10.1 Å². The molecular weight excluding hydrogens is 260 g/mol. The van der Waals surface area contributed by atoms with Crippen LogP contribution in [0.25, 0.3) is 0 Å². The summed E-state index contributed by atoms with van der Waals surface area (Å²) in [5.41, 5.74) is 2.15. The van der Waals surface area contributed by atoms with Gasteiger partial charge in [0.2, 0.25) is 5.78 Å². The molecule has 0 aromatic carbocycles. The molecule has 0 atom stereocenters. The first-order valence-corrected chi connectivity index (χ1v) is 5.92. The first-order valence-electron chi connectivity index (χ1n) is 5.92. The van der Waals surface area contributed by atoms with Crippen LogP contribution in [-0.2, 0) is 16.0 Å². The van der Waals surface area contributed by atoms with E-state index in [-0.39, 0.29) is 0 Å². The van der Waals surface area contributed by atoms with Crippen molar-refractivity contribution in [3.63, 3.8) is 0 Å². The van der Waals surface area contributed by atoms with E-state index in [9.17, 15) is 14.4 Å². The molecule has 0 spiro atoms. The highest BCUT2D eigenvalue weighted by molar-refractivity contribution is 6.37. The summed E-state index contributed by atoms with van der Waals surface area (Å²) in [5, 5.41) is 8.46. The number of rotatable bonds is 6. The predicted molar refractivity (Wildman–Crippen MR) is 69.4 cm³/mol. The Balaban J connectivity index is 2.04. The lowest BCUT2D eigenvalue weighted by atomic mass is 10.1. The van der Waals surface area contributed by atoms with Crippen LogP contribution in [0.3, 0.4) is 0 Å². The zero-order valence-corrected chi connectivity index (χ0v) is 10.5. The first-order chi connectivity index (χ1) is 9.56. The van der Waals surface area contributed by atoms with E-state index < -0.39 is 24.0 Å². The smallest absolute Gasteiger partial charge is 0.372 e. The Bertz CT molecular complexity index is 646. The standard InChI is InChI=1S/C14H12N2O4/c17-12(7-13(18)14(19)20)10-6-11(16-8-10)5-9-1-3-15-4-2-9/h1-4,6,8,16H,5,7H2,(H,19,20). The molecule has 0 aliphatic carbocycles. The molecule has 0 aliphatic heterocycles. The van der Waals surface area contributed by atoms with Crippen molar-refractivity contribution in [2.24, 2.45) is 0 Å². The summed E-state index contributed by atoms with van der Waals surface area (Å²) in [6, 6.07) is 5.34. The normalized spacial score (nSPS) is 10.2. The number of aromatic amines is 1. The summed E-state index contributed by atoms with van der Waals surface area (Å²) in [6.45, 7) is 0. The van der Waals surface area contributed by atoms with Crippen molar-refractivity contribution in [1.29, 1.82) is 0 Å². The maximum atomic E-state index is 11.7. The van der Waals surface area contributed by atoms with Crippen molar-refractivity contribution < 1.29 is 19.5 Å². The number of aromatic nitrogens is 2. The fourth-order valence-corrected chi connectivity index (χ4v) is 1.75. The zero-order chi connectivity index (χ0) is 14.5. The van der Waals surface area contributed by atoms with Gasteiger partial charge in [0.05, 0.1) is 6.42 Å². The van der Waals surface area contributed by atoms with Gasteiger partial charge in [0.15, 0.2) is 5.78 Å². The van der Waals surface area contributed by atoms with Gasteiger partial charge in [0, 0.05) is 36.3 Å². The quantitative estimate of drug-likeness (QED) is 0.468. The van der Waals surface area contributed by atoms with Crippen LogP contribution in [0.4, 0.5) is 0 Å². The van der Waals surface area contributed by atoms with E-state index >= 15 is 0 Å². The third-order valence-corrected chi connectivity index (χ3v) is 2.77. The monoisotopic (exact) mass is 272 g/mol. The van der Waals surface area contributed by atoms with Crippen LogP contribution in [0.5, 0.6) is 0 Å². The second-order valence-electron chi connectivity index (χ2n) is 4.27. The summed E-state index contributed by atoms with van der Waals surface area (Å²) in [5.74, 6) is -3.20. The minimum atomic E-state index is -1.59. The molecule has 0 aliphatic rings. The lowest BCUT2D eigenvalue weighted by molar-refractivity contribution is -0.148. The van der Waals surface area contributed by atoms with Crippen molar-refractivity contribution in [3.05, 3.63) is 53.6 Å². The van der Waals surface area contributed by atoms with Gasteiger partial charge >= 0.3 is 5.97 Å². The number of nitrogens with one attached hydrogen (secondary N) is 1. The average molecular weight is 272 g/mol. The number of carboxylic acid groups (broad SMARTS) is 1. The molecular formula is C14H12N2O4. The summed E-state index contributed by atoms with van der Waals surface area (Å²) in [4.78, 5) is 39.9. The molecule has 0 radical (unpaired) electrons. The molecule has 6 heteroatoms. The largest absolute Gasteiger partial charge is 0.475 e. The molecule has 0 amide bonds. The van der Waals surface area contributed by atoms with E-state index in [0.717, 1.165) is 11.3 Å². The Morgan fingerprint density at radius 2 is 1.90 bits per heavy atom. The van der Waals surface area contributed by atoms with Crippen LogP contribution in [0.2, 0.25) is 0 Å². The molecule has 102 valence electrons. The Morgan fingerprint density at radius 3 is 2.55 bits per heavy atom. The van der Waals surface area contributed by atoms with Crippen LogP contribution >= 0.6 is 0 Å². The Morgan fingerprint density at radius 1 is 1.20 bits per heavy atom. The maximum absolute atomic E-state index is 11.7. The number of hydrogen-bond acceptors (Lipinski definition) is 4. The van der Waals surface area contributed by atoms with Crippen LogP contribution < -0.4 is 0 Å². The Labute approximate surface area is 114 Å². The van der Waals surface area contributed by atoms with Crippen molar-refractivity contribution in [3.8, 4) is 0 Å². The zero-order valence-electron chi connectivity index (χ0n) is 10.5. The molecule has 0 bridgehead atoms. The van der Waals surface area contributed by atoms with Gasteiger partial charge in [-0.2, -0.15) is 0 Å². The first kappa shape index (κ1) is 13.7. The van der Waals surface area contributed by atoms with Gasteiger partial charge in [-0.05, 0) is 23.8 Å². The number of carbonyl (C=O) groups excluding carboxylic acids is 2. The number of carbonyl (C=O) groups is 3. The molecule has 2 aromatic heterocycles. The molecule has 0 saturated heterocycles. The SMILES string of the molecule is O=C(O)C(=O)CC(=O)c1c[nH]c(Cc2ccncc2)c1. The molecule has 6 nitrogen and oxygen atoms in total. The minimum absolute atomic E-state index is 0.309. The van der Waals surface area contributed by atoms with Gasteiger partial charge in [0.1, 0.15) is 0 Å². The van der Waals surface area contributed by atoms with Gasteiger partial charge in [-0.3, -0.25) is 14.6 Å². The molecule has 2 heterocycles. The van der Waals surface area contributed by atoms with Crippen molar-refractivity contribution in [2.45, 2.75) is 12.8 Å². The highest BCUT2D eigenvalue weighted by Crippen LogP contribution is 2.11. The Kier molecular flexibility index (Phi) is 4.05. The van der Waals surface area contributed by atoms with E-state index in [1.54, 1.807) is 18.5 Å². The number of nitrogens with zero attached hydrogens (tertiary/aromatic N) is 1. The second kappa shape index (κ2) is 5.92. The van der Waals surface area contributed by atoms with Crippen molar-refractivity contribution >= 4 is 17.5 Å². The summed E-state index contributed by atoms with van der Waals surface area (Å²) in [7, 11) is 0. The van der Waals surface area contributed by atoms with Gasteiger partial charge in [-0.25, -0.2) is 4.79 Å². The summed E-state index contributed by atoms with van der Waals surface area (Å²) >= 11 is 0. The highest BCUT2D eigenvalue weighted by atomic mass is 16.4. The van der Waals surface area contributed by atoms with Crippen LogP contribution in [0, 0.1) is 0 Å². The second-order valence-corrected chi connectivity index (χ2v) is 4.27. The minimum Gasteiger partial charge on any atom is -0.475 e. The maximum Gasteiger partial charge on any atom is 0.372 e. The molecule has 2 aromatic rings. The molecule has 2 rings (SSSR count). The number of hydrogen-bond donors (Lipinski definition) is 2. The van der Waals surface area contributed by atoms with Crippen molar-refractivity contribution in [2.75, 3.05) is 0 Å². The number of Topliss-reactive ketones (excluding diaryl/α,β-unsaturated/α-hetero) is 2. The van der Waals surface area contributed by atoms with Gasteiger partial charge in [0.25, 0.3) is 0 Å². The molecule has 0 saturated carbocycles. The van der Waals surface area contributed by atoms with Gasteiger partial charge in [-0.15, -0.1) is 0 Å². The third kappa shape index (κ3) is 3.38. The fourth-order valence-electron chi connectivity index (χ4n) is 1.75. The molecule has 20 heavy (non-hydrogen) atoms. The summed E-state index contributed by atoms with van der Waals surface area (Å²) in [6.07, 6.45) is 4.81. The Hall–Kier alpha value is -2.76. The highest BCUT2D eigenvalue weighted by Gasteiger charge is 2.18. The molecule has 0 fully saturated rings. The van der Waals surface area contributed by atoms with E-state index in [4.69, 9.17) is 5.11 Å². The van der Waals surface area contributed by atoms with Crippen LogP contribution in [0.15, 0.2) is 36.8 Å². The van der Waals surface area contributed by atoms with Gasteiger partial charge in [-0.1, -0.05) is 0 Å². The van der Waals surface area contributed by atoms with Crippen molar-refractivity contribution in [1.82, 2.24) is 9.97 Å². The third-order valence-electron chi connectivity index (χ3n) is 2.77. The number of pyridine rings is 1. The predicted octanol–water partition coefficient (Wildman–Crippen LogP) is 1.23. The molecule has 2 N–H and O–H groups in total. The lowest BCUT2D eigenvalue weighted by Crippen LogP contribution is -2.16. The summed E-state index contributed by atoms with van der Waals surface area (Å²) < 4.78 is 0. The van der Waals surface area contributed by atoms with E-state index in [0.29, 0.717) is 12.0 Å². The number of aliphatic carboxylic acids is 1. The number of H-pyrrole nitrogens is 1. The van der Waals surface area contributed by atoms with Crippen LogP contribution in [0.1, 0.15) is 28.0 Å². The average Bonchev–Trinajstić information content (AvgIpc) is 2.88. The van der Waals surface area contributed by atoms with E-state index in [2.05, 4.69) is 9.97 Å². The topological polar surface area (TPSA) is 100 Å².